The van der Waals surface area contributed by atoms with Crippen LogP contribution in [0.15, 0.2) is 46.9 Å². The Hall–Kier alpha value is -3.44. The molecule has 182 valence electrons. The molecule has 0 bridgehead atoms. The fraction of sp³-hybridized carbons (Fsp3) is 0.280. The van der Waals surface area contributed by atoms with E-state index in [1.165, 1.54) is 17.4 Å². The highest BCUT2D eigenvalue weighted by Crippen LogP contribution is 2.36. The third-order valence-electron chi connectivity index (χ3n) is 6.09. The fourth-order valence-corrected chi connectivity index (χ4v) is 6.11. The second kappa shape index (κ2) is 9.21. The van der Waals surface area contributed by atoms with Crippen LogP contribution in [-0.2, 0) is 20.8 Å². The molecule has 2 unspecified atom stereocenters. The fourth-order valence-electron chi connectivity index (χ4n) is 4.06. The molecule has 2 fully saturated rings. The summed E-state index contributed by atoms with van der Waals surface area (Å²) in [5.41, 5.74) is 1.81. The molecule has 2 aromatic carbocycles. The van der Waals surface area contributed by atoms with E-state index in [1.54, 1.807) is 0 Å². The molecular formula is C25H19FN4O4S2. The molecule has 1 aliphatic heterocycles. The molecule has 0 spiro atoms. The Labute approximate surface area is 212 Å². The van der Waals surface area contributed by atoms with Gasteiger partial charge in [-0.05, 0) is 36.1 Å². The smallest absolute Gasteiger partial charge is 0.245 e. The van der Waals surface area contributed by atoms with Crippen molar-refractivity contribution in [2.24, 2.45) is 5.92 Å². The van der Waals surface area contributed by atoms with Crippen LogP contribution in [-0.4, -0.2) is 37.2 Å². The Morgan fingerprint density at radius 1 is 1.14 bits per heavy atom. The molecule has 1 saturated carbocycles. The van der Waals surface area contributed by atoms with Gasteiger partial charge in [0, 0.05) is 12.3 Å². The van der Waals surface area contributed by atoms with Crippen molar-refractivity contribution in [3.05, 3.63) is 65.1 Å². The molecule has 1 amide bonds. The van der Waals surface area contributed by atoms with Crippen molar-refractivity contribution in [3.8, 4) is 11.1 Å². The number of carbonyl (C=O) groups is 3. The molecular weight excluding hydrogens is 503 g/mol. The van der Waals surface area contributed by atoms with Crippen LogP contribution in [0.5, 0.6) is 0 Å². The number of aromatic nitrogens is 3. The second-order valence-electron chi connectivity index (χ2n) is 8.80. The van der Waals surface area contributed by atoms with Crippen molar-refractivity contribution in [1.29, 1.82) is 0 Å². The summed E-state index contributed by atoms with van der Waals surface area (Å²) in [7, 11) is 0. The van der Waals surface area contributed by atoms with Crippen molar-refractivity contribution in [2.75, 3.05) is 0 Å². The number of nitrogens with zero attached hydrogens (tertiary/aromatic N) is 3. The first-order chi connectivity index (χ1) is 17.4. The number of rotatable bonds is 7. The highest BCUT2D eigenvalue weighted by Gasteiger charge is 2.36. The average Bonchev–Trinajstić information content (AvgIpc) is 3.33. The van der Waals surface area contributed by atoms with E-state index in [2.05, 4.69) is 20.5 Å². The SMILES string of the molecule is O=C1CC(=O)C(Cc2nnc(C(NC(=O)C3CC3)c3nc4c(F)cc(-c5ccccc5)cc4s3)o2)S1. The van der Waals surface area contributed by atoms with Crippen molar-refractivity contribution in [3.63, 3.8) is 0 Å². The van der Waals surface area contributed by atoms with E-state index in [0.717, 1.165) is 35.7 Å². The van der Waals surface area contributed by atoms with Crippen molar-refractivity contribution >= 4 is 50.1 Å². The van der Waals surface area contributed by atoms with Gasteiger partial charge in [-0.3, -0.25) is 14.4 Å². The maximum Gasteiger partial charge on any atom is 0.245 e. The number of thiazole rings is 1. The largest absolute Gasteiger partial charge is 0.422 e. The van der Waals surface area contributed by atoms with E-state index in [9.17, 15) is 14.4 Å². The number of hydrogen-bond acceptors (Lipinski definition) is 9. The summed E-state index contributed by atoms with van der Waals surface area (Å²) in [6, 6.07) is 11.9. The minimum absolute atomic E-state index is 0.0794. The standard InChI is InChI=1S/C25H19FN4O4S2/c26-15-8-14(12-4-2-1-3-5-12)9-18-21(15)28-25(36-18)22(27-23(33)13-6-7-13)24-30-29-19(34-24)11-17-16(31)10-20(32)35-17/h1-5,8-9,13,17,22H,6-7,10-11H2,(H,27,33). The quantitative estimate of drug-likeness (QED) is 0.358. The van der Waals surface area contributed by atoms with Gasteiger partial charge in [-0.2, -0.15) is 0 Å². The van der Waals surface area contributed by atoms with E-state index in [1.807, 2.05) is 36.4 Å². The van der Waals surface area contributed by atoms with Gasteiger partial charge in [0.25, 0.3) is 0 Å². The van der Waals surface area contributed by atoms with Gasteiger partial charge in [0.1, 0.15) is 10.5 Å². The zero-order chi connectivity index (χ0) is 24.8. The van der Waals surface area contributed by atoms with Gasteiger partial charge in [0.05, 0.1) is 16.4 Å². The Kier molecular flexibility index (Phi) is 5.88. The lowest BCUT2D eigenvalue weighted by atomic mass is 10.1. The Bertz CT molecular complexity index is 1500. The number of hydrogen-bond donors (Lipinski definition) is 1. The number of carbonyl (C=O) groups excluding carboxylic acids is 3. The molecule has 6 rings (SSSR count). The van der Waals surface area contributed by atoms with Gasteiger partial charge in [-0.1, -0.05) is 42.1 Å². The number of fused-ring (bicyclic) bond motifs is 1. The lowest BCUT2D eigenvalue weighted by Crippen LogP contribution is -2.30. The van der Waals surface area contributed by atoms with Crippen LogP contribution in [0.2, 0.25) is 0 Å². The van der Waals surface area contributed by atoms with Crippen LogP contribution in [0.1, 0.15) is 42.1 Å². The van der Waals surface area contributed by atoms with Gasteiger partial charge >= 0.3 is 0 Å². The predicted octanol–water partition coefficient (Wildman–Crippen LogP) is 4.24. The molecule has 0 radical (unpaired) electrons. The summed E-state index contributed by atoms with van der Waals surface area (Å²) in [5, 5.41) is 10.8. The van der Waals surface area contributed by atoms with Crippen LogP contribution in [0, 0.1) is 11.7 Å². The molecule has 4 aromatic rings. The van der Waals surface area contributed by atoms with Crippen LogP contribution < -0.4 is 5.32 Å². The zero-order valence-corrected chi connectivity index (χ0v) is 20.4. The van der Waals surface area contributed by atoms with Crippen LogP contribution in [0.25, 0.3) is 21.3 Å². The lowest BCUT2D eigenvalue weighted by molar-refractivity contribution is -0.123. The van der Waals surface area contributed by atoms with Gasteiger partial charge in [-0.15, -0.1) is 21.5 Å². The second-order valence-corrected chi connectivity index (χ2v) is 11.1. The number of amides is 1. The number of benzene rings is 2. The molecule has 1 N–H and O–H groups in total. The topological polar surface area (TPSA) is 115 Å². The van der Waals surface area contributed by atoms with E-state index < -0.39 is 17.1 Å². The summed E-state index contributed by atoms with van der Waals surface area (Å²) in [6.07, 6.45) is 1.63. The maximum absolute atomic E-state index is 15.1. The molecule has 1 aliphatic carbocycles. The highest BCUT2D eigenvalue weighted by atomic mass is 32.2. The predicted molar refractivity (Wildman–Crippen MR) is 132 cm³/mol. The third-order valence-corrected chi connectivity index (χ3v) is 8.28. The summed E-state index contributed by atoms with van der Waals surface area (Å²) in [6.45, 7) is 0. The maximum atomic E-state index is 15.1. The summed E-state index contributed by atoms with van der Waals surface area (Å²) >= 11 is 2.22. The molecule has 2 aliphatic rings. The summed E-state index contributed by atoms with van der Waals surface area (Å²) in [5.74, 6) is -0.577. The Balaban J connectivity index is 1.34. The normalized spacial score (nSPS) is 18.6. The molecule has 8 nitrogen and oxygen atoms in total. The molecule has 2 atom stereocenters. The minimum Gasteiger partial charge on any atom is -0.422 e. The monoisotopic (exact) mass is 522 g/mol. The summed E-state index contributed by atoms with van der Waals surface area (Å²) < 4.78 is 21.5. The van der Waals surface area contributed by atoms with Crippen molar-refractivity contribution in [1.82, 2.24) is 20.5 Å². The Morgan fingerprint density at radius 3 is 2.67 bits per heavy atom. The number of thioether (sulfide) groups is 1. The van der Waals surface area contributed by atoms with Gasteiger partial charge < -0.3 is 9.73 Å². The number of ketones is 1. The molecule has 11 heteroatoms. The molecule has 36 heavy (non-hydrogen) atoms. The van der Waals surface area contributed by atoms with E-state index in [4.69, 9.17) is 4.42 Å². The van der Waals surface area contributed by atoms with E-state index in [0.29, 0.717) is 9.71 Å². The first-order valence-electron chi connectivity index (χ1n) is 11.4. The van der Waals surface area contributed by atoms with Crippen molar-refractivity contribution < 1.29 is 23.2 Å². The van der Waals surface area contributed by atoms with Crippen LogP contribution in [0.3, 0.4) is 0 Å². The molecule has 1 saturated heterocycles. The molecule has 2 aromatic heterocycles. The van der Waals surface area contributed by atoms with Crippen LogP contribution in [0.4, 0.5) is 4.39 Å². The Morgan fingerprint density at radius 2 is 1.94 bits per heavy atom. The first-order valence-corrected chi connectivity index (χ1v) is 13.1. The highest BCUT2D eigenvalue weighted by molar-refractivity contribution is 8.15. The van der Waals surface area contributed by atoms with Gasteiger partial charge in [0.2, 0.25) is 17.7 Å². The number of nitrogens with one attached hydrogen (secondary N) is 1. The van der Waals surface area contributed by atoms with Crippen LogP contribution >= 0.6 is 23.1 Å². The third kappa shape index (κ3) is 4.56. The minimum atomic E-state index is -0.857. The molecule has 3 heterocycles. The average molecular weight is 523 g/mol. The van der Waals surface area contributed by atoms with Crippen molar-refractivity contribution in [2.45, 2.75) is 37.0 Å². The zero-order valence-electron chi connectivity index (χ0n) is 18.8. The van der Waals surface area contributed by atoms with E-state index >= 15 is 4.39 Å². The number of Topliss-reactive ketones (excluding diaryl/α,β-unsaturated/α-hetero) is 1. The summed E-state index contributed by atoms with van der Waals surface area (Å²) in [4.78, 5) is 40.7. The number of halogens is 1. The first kappa shape index (κ1) is 23.0. The van der Waals surface area contributed by atoms with Gasteiger partial charge in [0.15, 0.2) is 22.8 Å². The lowest BCUT2D eigenvalue weighted by Gasteiger charge is -2.12. The van der Waals surface area contributed by atoms with E-state index in [-0.39, 0.29) is 52.9 Å². The van der Waals surface area contributed by atoms with Gasteiger partial charge in [-0.25, -0.2) is 9.37 Å².